The first-order chi connectivity index (χ1) is 10.6. The Hall–Kier alpha value is -1.81. The smallest absolute Gasteiger partial charge is 0.225 e. The average molecular weight is 300 g/mol. The zero-order valence-corrected chi connectivity index (χ0v) is 13.3. The molecule has 3 rings (SSSR count). The van der Waals surface area contributed by atoms with Gasteiger partial charge in [-0.05, 0) is 35.6 Å². The SMILES string of the molecule is CC(C)C(=O)N1CCOC[C@H](Cc2ccc3[nH]ccc3c2)C1. The molecule has 0 radical (unpaired) electrons. The van der Waals surface area contributed by atoms with Crippen LogP contribution in [0.5, 0.6) is 0 Å². The molecule has 4 heteroatoms. The van der Waals surface area contributed by atoms with E-state index in [1.807, 2.05) is 24.9 Å². The lowest BCUT2D eigenvalue weighted by molar-refractivity contribution is -0.134. The summed E-state index contributed by atoms with van der Waals surface area (Å²) in [7, 11) is 0. The van der Waals surface area contributed by atoms with E-state index in [4.69, 9.17) is 4.74 Å². The Balaban J connectivity index is 1.71. The molecule has 1 atom stereocenters. The van der Waals surface area contributed by atoms with E-state index in [-0.39, 0.29) is 11.8 Å². The number of aromatic nitrogens is 1. The number of carbonyl (C=O) groups excluding carboxylic acids is 1. The van der Waals surface area contributed by atoms with Crippen LogP contribution in [-0.2, 0) is 16.0 Å². The number of ether oxygens (including phenoxy) is 1. The van der Waals surface area contributed by atoms with Gasteiger partial charge < -0.3 is 14.6 Å². The maximum Gasteiger partial charge on any atom is 0.225 e. The minimum atomic E-state index is 0.0509. The summed E-state index contributed by atoms with van der Waals surface area (Å²) < 4.78 is 5.71. The molecule has 22 heavy (non-hydrogen) atoms. The van der Waals surface area contributed by atoms with Crippen LogP contribution in [0.25, 0.3) is 10.9 Å². The Kier molecular flexibility index (Phi) is 4.48. The van der Waals surface area contributed by atoms with E-state index < -0.39 is 0 Å². The first kappa shape index (κ1) is 15.1. The van der Waals surface area contributed by atoms with Gasteiger partial charge in [-0.1, -0.05) is 19.9 Å². The van der Waals surface area contributed by atoms with Crippen molar-refractivity contribution < 1.29 is 9.53 Å². The topological polar surface area (TPSA) is 45.3 Å². The van der Waals surface area contributed by atoms with Gasteiger partial charge in [0.15, 0.2) is 0 Å². The van der Waals surface area contributed by atoms with Crippen molar-refractivity contribution in [1.29, 1.82) is 0 Å². The number of carbonyl (C=O) groups is 1. The van der Waals surface area contributed by atoms with Crippen LogP contribution in [0.4, 0.5) is 0 Å². The Bertz CT molecular complexity index is 647. The van der Waals surface area contributed by atoms with Crippen LogP contribution < -0.4 is 0 Å². The third-order valence-electron chi connectivity index (χ3n) is 4.29. The Morgan fingerprint density at radius 1 is 1.41 bits per heavy atom. The second-order valence-electron chi connectivity index (χ2n) is 6.48. The van der Waals surface area contributed by atoms with Crippen molar-refractivity contribution in [2.24, 2.45) is 11.8 Å². The van der Waals surface area contributed by atoms with Gasteiger partial charge >= 0.3 is 0 Å². The van der Waals surface area contributed by atoms with Gasteiger partial charge in [0.25, 0.3) is 0 Å². The molecular weight excluding hydrogens is 276 g/mol. The van der Waals surface area contributed by atoms with Crippen molar-refractivity contribution in [2.75, 3.05) is 26.3 Å². The highest BCUT2D eigenvalue weighted by molar-refractivity contribution is 5.80. The summed E-state index contributed by atoms with van der Waals surface area (Å²) in [5.41, 5.74) is 2.47. The fraction of sp³-hybridized carbons (Fsp3) is 0.500. The molecule has 0 saturated carbocycles. The molecule has 1 saturated heterocycles. The van der Waals surface area contributed by atoms with Gasteiger partial charge in [0.1, 0.15) is 0 Å². The van der Waals surface area contributed by atoms with Crippen LogP contribution in [0.15, 0.2) is 30.5 Å². The van der Waals surface area contributed by atoms with Gasteiger partial charge in [-0.15, -0.1) is 0 Å². The minimum absolute atomic E-state index is 0.0509. The highest BCUT2D eigenvalue weighted by Gasteiger charge is 2.24. The second-order valence-corrected chi connectivity index (χ2v) is 6.48. The van der Waals surface area contributed by atoms with Crippen molar-refractivity contribution >= 4 is 16.8 Å². The van der Waals surface area contributed by atoms with Crippen LogP contribution >= 0.6 is 0 Å². The van der Waals surface area contributed by atoms with Gasteiger partial charge in [-0.25, -0.2) is 0 Å². The molecule has 0 bridgehead atoms. The Morgan fingerprint density at radius 3 is 3.09 bits per heavy atom. The lowest BCUT2D eigenvalue weighted by Gasteiger charge is -2.25. The number of nitrogens with one attached hydrogen (secondary N) is 1. The summed E-state index contributed by atoms with van der Waals surface area (Å²) in [5, 5.41) is 1.24. The van der Waals surface area contributed by atoms with E-state index in [9.17, 15) is 4.79 Å². The summed E-state index contributed by atoms with van der Waals surface area (Å²) in [6.45, 7) is 6.80. The van der Waals surface area contributed by atoms with Crippen molar-refractivity contribution in [3.05, 3.63) is 36.0 Å². The number of nitrogens with zero attached hydrogens (tertiary/aromatic N) is 1. The molecule has 2 aromatic rings. The first-order valence-corrected chi connectivity index (χ1v) is 8.06. The van der Waals surface area contributed by atoms with Crippen molar-refractivity contribution in [1.82, 2.24) is 9.88 Å². The first-order valence-electron chi connectivity index (χ1n) is 8.06. The number of fused-ring (bicyclic) bond motifs is 1. The summed E-state index contributed by atoms with van der Waals surface area (Å²) in [4.78, 5) is 17.4. The number of hydrogen-bond donors (Lipinski definition) is 1. The van der Waals surface area contributed by atoms with E-state index in [0.29, 0.717) is 19.1 Å². The number of H-pyrrole nitrogens is 1. The van der Waals surface area contributed by atoms with Gasteiger partial charge in [0.05, 0.1) is 13.2 Å². The van der Waals surface area contributed by atoms with Crippen LogP contribution in [0.2, 0.25) is 0 Å². The summed E-state index contributed by atoms with van der Waals surface area (Å²) >= 11 is 0. The minimum Gasteiger partial charge on any atom is -0.379 e. The molecule has 4 nitrogen and oxygen atoms in total. The number of aromatic amines is 1. The molecule has 1 aromatic heterocycles. The third-order valence-corrected chi connectivity index (χ3v) is 4.29. The lowest BCUT2D eigenvalue weighted by Crippen LogP contribution is -2.38. The molecule has 0 aliphatic carbocycles. The Labute approximate surface area is 131 Å². The quantitative estimate of drug-likeness (QED) is 0.947. The molecule has 2 heterocycles. The molecule has 118 valence electrons. The molecule has 1 aliphatic rings. The molecular formula is C18H24N2O2. The summed E-state index contributed by atoms with van der Waals surface area (Å²) in [6, 6.07) is 8.61. The van der Waals surface area contributed by atoms with E-state index >= 15 is 0 Å². The van der Waals surface area contributed by atoms with Crippen LogP contribution in [-0.4, -0.2) is 42.1 Å². The van der Waals surface area contributed by atoms with Crippen molar-refractivity contribution in [3.63, 3.8) is 0 Å². The fourth-order valence-corrected chi connectivity index (χ4v) is 3.13. The molecule has 0 unspecified atom stereocenters. The molecule has 1 fully saturated rings. The van der Waals surface area contributed by atoms with Crippen molar-refractivity contribution in [3.8, 4) is 0 Å². The van der Waals surface area contributed by atoms with Crippen LogP contribution in [0.3, 0.4) is 0 Å². The summed E-state index contributed by atoms with van der Waals surface area (Å²) in [6.07, 6.45) is 2.91. The molecule has 1 N–H and O–H groups in total. The van der Waals surface area contributed by atoms with Gasteiger partial charge in [0.2, 0.25) is 5.91 Å². The number of rotatable bonds is 3. The lowest BCUT2D eigenvalue weighted by atomic mass is 9.98. The van der Waals surface area contributed by atoms with E-state index in [0.717, 1.165) is 25.1 Å². The standard InChI is InChI=1S/C18H24N2O2/c1-13(2)18(21)20-7-8-22-12-15(11-20)9-14-3-4-17-16(10-14)5-6-19-17/h3-6,10,13,15,19H,7-9,11-12H2,1-2H3/t15-/m1/s1. The average Bonchev–Trinajstić information content (AvgIpc) is 2.84. The zero-order chi connectivity index (χ0) is 15.5. The molecule has 1 amide bonds. The predicted octanol–water partition coefficient (Wildman–Crippen LogP) is 2.84. The number of benzene rings is 1. The number of hydrogen-bond acceptors (Lipinski definition) is 2. The molecule has 1 aliphatic heterocycles. The second kappa shape index (κ2) is 6.53. The molecule has 1 aromatic carbocycles. The van der Waals surface area contributed by atoms with E-state index in [2.05, 4.69) is 29.2 Å². The van der Waals surface area contributed by atoms with Crippen LogP contribution in [0.1, 0.15) is 19.4 Å². The fourth-order valence-electron chi connectivity index (χ4n) is 3.13. The van der Waals surface area contributed by atoms with Crippen molar-refractivity contribution in [2.45, 2.75) is 20.3 Å². The molecule has 0 spiro atoms. The third kappa shape index (κ3) is 3.33. The highest BCUT2D eigenvalue weighted by Crippen LogP contribution is 2.19. The Morgan fingerprint density at radius 2 is 2.27 bits per heavy atom. The monoisotopic (exact) mass is 300 g/mol. The zero-order valence-electron chi connectivity index (χ0n) is 13.3. The summed E-state index contributed by atoms with van der Waals surface area (Å²) in [5.74, 6) is 0.646. The van der Waals surface area contributed by atoms with Gasteiger partial charge in [-0.3, -0.25) is 4.79 Å². The normalized spacial score (nSPS) is 19.6. The maximum atomic E-state index is 12.3. The van der Waals surface area contributed by atoms with Gasteiger partial charge in [-0.2, -0.15) is 0 Å². The predicted molar refractivity (Wildman–Crippen MR) is 87.7 cm³/mol. The van der Waals surface area contributed by atoms with E-state index in [1.54, 1.807) is 0 Å². The highest BCUT2D eigenvalue weighted by atomic mass is 16.5. The maximum absolute atomic E-state index is 12.3. The largest absolute Gasteiger partial charge is 0.379 e. The van der Waals surface area contributed by atoms with Gasteiger partial charge in [0, 0.05) is 36.6 Å². The van der Waals surface area contributed by atoms with Crippen LogP contribution in [0, 0.1) is 11.8 Å². The number of amides is 1. The van der Waals surface area contributed by atoms with E-state index in [1.165, 1.54) is 10.9 Å².